The zero-order valence-corrected chi connectivity index (χ0v) is 8.17. The van der Waals surface area contributed by atoms with Crippen LogP contribution in [0.4, 0.5) is 8.78 Å². The molecule has 0 bridgehead atoms. The highest BCUT2D eigenvalue weighted by molar-refractivity contribution is 5.59. The van der Waals surface area contributed by atoms with Crippen molar-refractivity contribution in [1.29, 1.82) is 0 Å². The number of halogens is 2. The van der Waals surface area contributed by atoms with E-state index in [0.717, 1.165) is 11.8 Å². The third kappa shape index (κ3) is 2.18. The number of pyridine rings is 1. The Labute approximate surface area is 86.4 Å². The molecule has 1 heterocycles. The lowest BCUT2D eigenvalue weighted by Crippen LogP contribution is -1.88. The van der Waals surface area contributed by atoms with Crippen molar-refractivity contribution in [2.45, 2.75) is 6.92 Å². The van der Waals surface area contributed by atoms with E-state index in [1.807, 2.05) is 13.0 Å². The molecule has 0 aliphatic heterocycles. The quantitative estimate of drug-likeness (QED) is 0.695. The third-order valence-corrected chi connectivity index (χ3v) is 2.05. The Kier molecular flexibility index (Phi) is 2.46. The first-order valence-electron chi connectivity index (χ1n) is 4.55. The lowest BCUT2D eigenvalue weighted by atomic mass is 10.1. The average molecular weight is 205 g/mol. The summed E-state index contributed by atoms with van der Waals surface area (Å²) in [6.45, 7) is 1.83. The first-order valence-corrected chi connectivity index (χ1v) is 4.55. The van der Waals surface area contributed by atoms with Gasteiger partial charge in [0.25, 0.3) is 0 Å². The van der Waals surface area contributed by atoms with E-state index in [1.54, 1.807) is 12.1 Å². The van der Waals surface area contributed by atoms with Gasteiger partial charge in [-0.1, -0.05) is 6.07 Å². The second-order valence-corrected chi connectivity index (χ2v) is 3.32. The van der Waals surface area contributed by atoms with Gasteiger partial charge in [0.05, 0.1) is 5.69 Å². The molecule has 0 atom stereocenters. The highest BCUT2D eigenvalue weighted by Gasteiger charge is 2.03. The van der Waals surface area contributed by atoms with Crippen LogP contribution in [-0.4, -0.2) is 4.98 Å². The van der Waals surface area contributed by atoms with Crippen molar-refractivity contribution in [2.24, 2.45) is 0 Å². The van der Waals surface area contributed by atoms with E-state index in [4.69, 9.17) is 0 Å². The summed E-state index contributed by atoms with van der Waals surface area (Å²) in [6, 6.07) is 8.75. The molecule has 0 radical (unpaired) electrons. The monoisotopic (exact) mass is 205 g/mol. The maximum absolute atomic E-state index is 12.9. The normalized spacial score (nSPS) is 10.3. The van der Waals surface area contributed by atoms with Crippen LogP contribution in [0.25, 0.3) is 11.3 Å². The summed E-state index contributed by atoms with van der Waals surface area (Å²) in [4.78, 5) is 4.19. The van der Waals surface area contributed by atoms with Crippen LogP contribution in [0.2, 0.25) is 0 Å². The minimum Gasteiger partial charge on any atom is -0.253 e. The molecule has 0 aliphatic carbocycles. The maximum atomic E-state index is 12.9. The van der Waals surface area contributed by atoms with Crippen molar-refractivity contribution in [2.75, 3.05) is 0 Å². The highest BCUT2D eigenvalue weighted by atomic mass is 19.1. The molecule has 0 amide bonds. The fourth-order valence-corrected chi connectivity index (χ4v) is 1.41. The van der Waals surface area contributed by atoms with Gasteiger partial charge in [-0.2, -0.15) is 0 Å². The molecule has 1 aromatic carbocycles. The minimum atomic E-state index is -0.590. The summed E-state index contributed by atoms with van der Waals surface area (Å²) in [6.07, 6.45) is 0. The van der Waals surface area contributed by atoms with Gasteiger partial charge in [-0.05, 0) is 31.2 Å². The Morgan fingerprint density at radius 3 is 2.27 bits per heavy atom. The van der Waals surface area contributed by atoms with Gasteiger partial charge >= 0.3 is 0 Å². The van der Waals surface area contributed by atoms with Gasteiger partial charge in [-0.15, -0.1) is 0 Å². The summed E-state index contributed by atoms with van der Waals surface area (Å²) in [7, 11) is 0. The predicted octanol–water partition coefficient (Wildman–Crippen LogP) is 3.34. The van der Waals surface area contributed by atoms with Crippen LogP contribution >= 0.6 is 0 Å². The molecule has 2 aromatic rings. The molecule has 1 aromatic heterocycles. The second kappa shape index (κ2) is 3.77. The van der Waals surface area contributed by atoms with Crippen molar-refractivity contribution in [3.63, 3.8) is 0 Å². The fraction of sp³-hybridized carbons (Fsp3) is 0.0833. The van der Waals surface area contributed by atoms with Gasteiger partial charge in [0.1, 0.15) is 11.6 Å². The van der Waals surface area contributed by atoms with Crippen LogP contribution < -0.4 is 0 Å². The van der Waals surface area contributed by atoms with Gasteiger partial charge in [-0.3, -0.25) is 4.98 Å². The number of nitrogens with zero attached hydrogens (tertiary/aromatic N) is 1. The Hall–Kier alpha value is -1.77. The molecule has 0 spiro atoms. The standard InChI is InChI=1S/C12H9F2N/c1-8-3-2-4-12(15-8)9-5-10(13)7-11(14)6-9/h2-7H,1H3. The van der Waals surface area contributed by atoms with E-state index >= 15 is 0 Å². The SMILES string of the molecule is Cc1cccc(-c2cc(F)cc(F)c2)n1. The van der Waals surface area contributed by atoms with Crippen molar-refractivity contribution in [1.82, 2.24) is 4.98 Å². The van der Waals surface area contributed by atoms with Gasteiger partial charge in [0.15, 0.2) is 0 Å². The minimum absolute atomic E-state index is 0.455. The zero-order valence-electron chi connectivity index (χ0n) is 8.17. The van der Waals surface area contributed by atoms with Crippen LogP contribution in [0.3, 0.4) is 0 Å². The zero-order chi connectivity index (χ0) is 10.8. The summed E-state index contributed by atoms with van der Waals surface area (Å²) >= 11 is 0. The molecule has 15 heavy (non-hydrogen) atoms. The first-order chi connectivity index (χ1) is 7.15. The molecule has 1 nitrogen and oxygen atoms in total. The second-order valence-electron chi connectivity index (χ2n) is 3.32. The molecule has 3 heteroatoms. The summed E-state index contributed by atoms with van der Waals surface area (Å²) in [5.41, 5.74) is 1.85. The Morgan fingerprint density at radius 1 is 1.00 bits per heavy atom. The molecule has 0 saturated carbocycles. The predicted molar refractivity (Wildman–Crippen MR) is 54.3 cm³/mol. The summed E-state index contributed by atoms with van der Waals surface area (Å²) in [5, 5.41) is 0. The van der Waals surface area contributed by atoms with Crippen LogP contribution in [0, 0.1) is 18.6 Å². The number of aryl methyl sites for hydroxylation is 1. The van der Waals surface area contributed by atoms with Crippen molar-refractivity contribution >= 4 is 0 Å². The Bertz CT molecular complexity index is 474. The molecular weight excluding hydrogens is 196 g/mol. The topological polar surface area (TPSA) is 12.9 Å². The molecule has 2 rings (SSSR count). The highest BCUT2D eigenvalue weighted by Crippen LogP contribution is 2.19. The van der Waals surface area contributed by atoms with Crippen molar-refractivity contribution in [3.05, 3.63) is 53.7 Å². The van der Waals surface area contributed by atoms with E-state index < -0.39 is 11.6 Å². The van der Waals surface area contributed by atoms with Gasteiger partial charge in [0.2, 0.25) is 0 Å². The number of rotatable bonds is 1. The Morgan fingerprint density at radius 2 is 1.67 bits per heavy atom. The molecule has 76 valence electrons. The van der Waals surface area contributed by atoms with E-state index in [9.17, 15) is 8.78 Å². The third-order valence-electron chi connectivity index (χ3n) is 2.05. The van der Waals surface area contributed by atoms with Crippen molar-refractivity contribution < 1.29 is 8.78 Å². The maximum Gasteiger partial charge on any atom is 0.126 e. The van der Waals surface area contributed by atoms with E-state index in [2.05, 4.69) is 4.98 Å². The first kappa shape index (κ1) is 9.77. The molecular formula is C12H9F2N. The summed E-state index contributed by atoms with van der Waals surface area (Å²) in [5.74, 6) is -1.18. The van der Waals surface area contributed by atoms with Gasteiger partial charge in [0, 0.05) is 17.3 Å². The number of aromatic nitrogens is 1. The van der Waals surface area contributed by atoms with Crippen molar-refractivity contribution in [3.8, 4) is 11.3 Å². The smallest absolute Gasteiger partial charge is 0.126 e. The molecule has 0 fully saturated rings. The molecule has 0 unspecified atom stereocenters. The molecule has 0 saturated heterocycles. The van der Waals surface area contributed by atoms with E-state index in [1.165, 1.54) is 12.1 Å². The van der Waals surface area contributed by atoms with Crippen LogP contribution in [0.5, 0.6) is 0 Å². The molecule has 0 N–H and O–H groups in total. The number of benzene rings is 1. The number of hydrogen-bond acceptors (Lipinski definition) is 1. The number of hydrogen-bond donors (Lipinski definition) is 0. The lowest BCUT2D eigenvalue weighted by molar-refractivity contribution is 0.584. The van der Waals surface area contributed by atoms with Gasteiger partial charge < -0.3 is 0 Å². The largest absolute Gasteiger partial charge is 0.253 e. The fourth-order valence-electron chi connectivity index (χ4n) is 1.41. The molecule has 0 aliphatic rings. The van der Waals surface area contributed by atoms with Crippen LogP contribution in [0.15, 0.2) is 36.4 Å². The lowest BCUT2D eigenvalue weighted by Gasteiger charge is -2.02. The van der Waals surface area contributed by atoms with Crippen LogP contribution in [-0.2, 0) is 0 Å². The average Bonchev–Trinajstić information content (AvgIpc) is 2.16. The van der Waals surface area contributed by atoms with E-state index in [0.29, 0.717) is 11.3 Å². The van der Waals surface area contributed by atoms with E-state index in [-0.39, 0.29) is 0 Å². The summed E-state index contributed by atoms with van der Waals surface area (Å²) < 4.78 is 25.9. The van der Waals surface area contributed by atoms with Gasteiger partial charge in [-0.25, -0.2) is 8.78 Å². The Balaban J connectivity index is 2.54. The van der Waals surface area contributed by atoms with Crippen LogP contribution in [0.1, 0.15) is 5.69 Å².